The Kier molecular flexibility index (Phi) is 4.70. The fourth-order valence-corrected chi connectivity index (χ4v) is 2.85. The summed E-state index contributed by atoms with van der Waals surface area (Å²) in [6.45, 7) is 1.40. The van der Waals surface area contributed by atoms with E-state index in [9.17, 15) is 24.9 Å². The van der Waals surface area contributed by atoms with Crippen LogP contribution in [0.1, 0.15) is 37.0 Å². The van der Waals surface area contributed by atoms with Gasteiger partial charge in [0.25, 0.3) is 0 Å². The maximum atomic E-state index is 11.2. The minimum Gasteiger partial charge on any atom is -0.481 e. The lowest BCUT2D eigenvalue weighted by molar-refractivity contribution is -0.140. The minimum atomic E-state index is -1.09. The highest BCUT2D eigenvalue weighted by Gasteiger charge is 2.51. The van der Waals surface area contributed by atoms with Crippen molar-refractivity contribution in [2.75, 3.05) is 5.75 Å². The van der Waals surface area contributed by atoms with Crippen molar-refractivity contribution < 1.29 is 24.9 Å². The van der Waals surface area contributed by atoms with E-state index >= 15 is 0 Å². The maximum absolute atomic E-state index is 11.2. The molecule has 1 aliphatic rings. The summed E-state index contributed by atoms with van der Waals surface area (Å²) in [7, 11) is 0. The topological polar surface area (TPSA) is 94.8 Å². The molecule has 6 heteroatoms. The second-order valence-electron chi connectivity index (χ2n) is 5.32. The van der Waals surface area contributed by atoms with E-state index in [1.807, 2.05) is 0 Å². The molecule has 0 aromatic heterocycles. The zero-order valence-corrected chi connectivity index (χ0v) is 12.5. The molecule has 0 aliphatic heterocycles. The fourth-order valence-electron chi connectivity index (χ4n) is 2.27. The summed E-state index contributed by atoms with van der Waals surface area (Å²) in [6.07, 6.45) is -0.880. The van der Waals surface area contributed by atoms with E-state index < -0.39 is 23.6 Å². The molecule has 1 aliphatic carbocycles. The summed E-state index contributed by atoms with van der Waals surface area (Å²) in [6, 6.07) is 6.63. The zero-order chi connectivity index (χ0) is 15.6. The van der Waals surface area contributed by atoms with Gasteiger partial charge in [-0.3, -0.25) is 9.59 Å². The van der Waals surface area contributed by atoms with E-state index in [1.54, 1.807) is 24.3 Å². The number of rotatable bonds is 6. The van der Waals surface area contributed by atoms with Gasteiger partial charge in [0.15, 0.2) is 5.12 Å². The normalized spacial score (nSPS) is 18.8. The Labute approximate surface area is 127 Å². The Morgan fingerprint density at radius 1 is 1.24 bits per heavy atom. The third-order valence-corrected chi connectivity index (χ3v) is 4.70. The largest absolute Gasteiger partial charge is 0.481 e. The second-order valence-corrected chi connectivity index (χ2v) is 6.52. The first-order valence-electron chi connectivity index (χ1n) is 6.70. The molecule has 0 heterocycles. The van der Waals surface area contributed by atoms with Crippen molar-refractivity contribution in [2.45, 2.75) is 37.4 Å². The predicted molar refractivity (Wildman–Crippen MR) is 79.1 cm³/mol. The molecule has 0 spiro atoms. The molecule has 5 nitrogen and oxygen atoms in total. The Balaban J connectivity index is 2.05. The van der Waals surface area contributed by atoms with Crippen molar-refractivity contribution in [2.24, 2.45) is 0 Å². The van der Waals surface area contributed by atoms with Gasteiger partial charge < -0.3 is 15.3 Å². The third-order valence-electron chi connectivity index (χ3n) is 3.79. The minimum absolute atomic E-state index is 0.117. The lowest BCUT2D eigenvalue weighted by Gasteiger charge is -2.18. The molecule has 1 fully saturated rings. The highest BCUT2D eigenvalue weighted by molar-refractivity contribution is 8.13. The molecule has 0 bridgehead atoms. The summed E-state index contributed by atoms with van der Waals surface area (Å²) in [5, 5.41) is 29.0. The standard InChI is InChI=1S/C15H18O5S/c1-9(16)21-8-12(17)13(18)10-2-4-11(5-3-10)15(6-7-15)14(19)20/h2-5,12-13,17-18H,6-8H2,1H3,(H,19,20). The molecule has 1 aromatic rings. The van der Waals surface area contributed by atoms with Crippen LogP contribution in [-0.4, -0.2) is 38.3 Å². The number of hydrogen-bond acceptors (Lipinski definition) is 5. The Morgan fingerprint density at radius 2 is 1.81 bits per heavy atom. The van der Waals surface area contributed by atoms with Gasteiger partial charge in [0.2, 0.25) is 0 Å². The lowest BCUT2D eigenvalue weighted by Crippen LogP contribution is -2.22. The van der Waals surface area contributed by atoms with Crippen LogP contribution in [0.4, 0.5) is 0 Å². The van der Waals surface area contributed by atoms with Gasteiger partial charge >= 0.3 is 5.97 Å². The summed E-state index contributed by atoms with van der Waals surface area (Å²) in [5.41, 5.74) is 0.460. The summed E-state index contributed by atoms with van der Waals surface area (Å²) < 4.78 is 0. The van der Waals surface area contributed by atoms with Gasteiger partial charge in [0.1, 0.15) is 6.10 Å². The van der Waals surface area contributed by atoms with E-state index in [2.05, 4.69) is 0 Å². The first kappa shape index (κ1) is 16.0. The number of carbonyl (C=O) groups is 2. The number of aliphatic hydroxyl groups excluding tert-OH is 2. The number of thioether (sulfide) groups is 1. The van der Waals surface area contributed by atoms with E-state index in [-0.39, 0.29) is 10.9 Å². The summed E-state index contributed by atoms with van der Waals surface area (Å²) in [4.78, 5) is 22.1. The van der Waals surface area contributed by atoms with Gasteiger partial charge in [-0.2, -0.15) is 0 Å². The number of hydrogen-bond donors (Lipinski definition) is 3. The molecule has 1 saturated carbocycles. The van der Waals surface area contributed by atoms with Gasteiger partial charge in [-0.25, -0.2) is 0 Å². The molecule has 0 radical (unpaired) electrons. The van der Waals surface area contributed by atoms with Gasteiger partial charge in [0.05, 0.1) is 11.5 Å². The molecular weight excluding hydrogens is 292 g/mol. The van der Waals surface area contributed by atoms with E-state index in [1.165, 1.54) is 6.92 Å². The number of aliphatic carboxylic acids is 1. The highest BCUT2D eigenvalue weighted by atomic mass is 32.2. The van der Waals surface area contributed by atoms with Gasteiger partial charge in [-0.15, -0.1) is 0 Å². The number of carbonyl (C=O) groups excluding carboxylic acids is 1. The van der Waals surface area contributed by atoms with Crippen molar-refractivity contribution in [1.82, 2.24) is 0 Å². The second kappa shape index (κ2) is 6.17. The van der Waals surface area contributed by atoms with Crippen LogP contribution in [0.25, 0.3) is 0 Å². The molecule has 21 heavy (non-hydrogen) atoms. The molecule has 1 aromatic carbocycles. The molecule has 2 rings (SSSR count). The molecule has 2 unspecified atom stereocenters. The Morgan fingerprint density at radius 3 is 2.24 bits per heavy atom. The zero-order valence-electron chi connectivity index (χ0n) is 11.7. The maximum Gasteiger partial charge on any atom is 0.314 e. The summed E-state index contributed by atoms with van der Waals surface area (Å²) >= 11 is 0.957. The van der Waals surface area contributed by atoms with Crippen LogP contribution in [0.3, 0.4) is 0 Å². The van der Waals surface area contributed by atoms with Gasteiger partial charge in [-0.1, -0.05) is 36.0 Å². The van der Waals surface area contributed by atoms with Crippen LogP contribution in [-0.2, 0) is 15.0 Å². The quantitative estimate of drug-likeness (QED) is 0.736. The first-order valence-corrected chi connectivity index (χ1v) is 7.69. The Hall–Kier alpha value is -1.37. The third kappa shape index (κ3) is 3.45. The van der Waals surface area contributed by atoms with Gasteiger partial charge in [0, 0.05) is 12.7 Å². The average Bonchev–Trinajstić information content (AvgIpc) is 3.25. The molecular formula is C15H18O5S. The smallest absolute Gasteiger partial charge is 0.314 e. The number of benzene rings is 1. The Bertz CT molecular complexity index is 535. The van der Waals surface area contributed by atoms with Crippen LogP contribution in [0, 0.1) is 0 Å². The molecule has 114 valence electrons. The predicted octanol–water partition coefficient (Wildman–Crippen LogP) is 1.48. The molecule has 0 saturated heterocycles. The molecule has 0 amide bonds. The first-order chi connectivity index (χ1) is 9.86. The SMILES string of the molecule is CC(=O)SCC(O)C(O)c1ccc(C2(C(=O)O)CC2)cc1. The van der Waals surface area contributed by atoms with Crippen LogP contribution in [0.2, 0.25) is 0 Å². The monoisotopic (exact) mass is 310 g/mol. The number of carboxylic acids is 1. The van der Waals surface area contributed by atoms with Crippen molar-refractivity contribution in [3.05, 3.63) is 35.4 Å². The summed E-state index contributed by atoms with van der Waals surface area (Å²) in [5.74, 6) is -0.703. The van der Waals surface area contributed by atoms with E-state index in [0.717, 1.165) is 17.3 Å². The van der Waals surface area contributed by atoms with Crippen LogP contribution in [0.15, 0.2) is 24.3 Å². The van der Waals surface area contributed by atoms with Crippen molar-refractivity contribution in [1.29, 1.82) is 0 Å². The number of aliphatic hydroxyl groups is 2. The highest BCUT2D eigenvalue weighted by Crippen LogP contribution is 2.48. The van der Waals surface area contributed by atoms with Crippen LogP contribution < -0.4 is 0 Å². The molecule has 2 atom stereocenters. The van der Waals surface area contributed by atoms with E-state index in [4.69, 9.17) is 0 Å². The fraction of sp³-hybridized carbons (Fsp3) is 0.467. The van der Waals surface area contributed by atoms with E-state index in [0.29, 0.717) is 18.4 Å². The van der Waals surface area contributed by atoms with Crippen LogP contribution >= 0.6 is 11.8 Å². The average molecular weight is 310 g/mol. The van der Waals surface area contributed by atoms with Crippen LogP contribution in [0.5, 0.6) is 0 Å². The molecule has 3 N–H and O–H groups in total. The van der Waals surface area contributed by atoms with Crippen molar-refractivity contribution in [3.63, 3.8) is 0 Å². The lowest BCUT2D eigenvalue weighted by atomic mass is 9.94. The van der Waals surface area contributed by atoms with Crippen molar-refractivity contribution in [3.8, 4) is 0 Å². The van der Waals surface area contributed by atoms with Crippen molar-refractivity contribution >= 4 is 22.8 Å². The number of carboxylic acid groups (broad SMARTS) is 1. The van der Waals surface area contributed by atoms with Gasteiger partial charge in [-0.05, 0) is 24.0 Å².